The minimum Gasteiger partial charge on any atom is -0.489 e. The third-order valence-electron chi connectivity index (χ3n) is 6.18. The van der Waals surface area contributed by atoms with Crippen molar-refractivity contribution in [1.82, 2.24) is 4.31 Å². The number of hydrogen-bond donors (Lipinski definition) is 2. The number of ether oxygens (including phenoxy) is 1. The lowest BCUT2D eigenvalue weighted by Crippen LogP contribution is -2.41. The Morgan fingerprint density at radius 3 is 2.42 bits per heavy atom. The number of hydrogen-bond acceptors (Lipinski definition) is 8. The van der Waals surface area contributed by atoms with Crippen LogP contribution in [-0.2, 0) is 21.4 Å². The molecule has 1 heterocycles. The van der Waals surface area contributed by atoms with Crippen LogP contribution in [0.5, 0.6) is 5.75 Å². The number of primary amides is 1. The Bertz CT molecular complexity index is 1420. The topological polar surface area (TPSA) is 157 Å². The number of nitrogens with one attached hydrogen (secondary N) is 1. The second-order valence-electron chi connectivity index (χ2n) is 8.73. The molecule has 1 fully saturated rings. The third kappa shape index (κ3) is 6.52. The number of amides is 1. The SMILES string of the molecule is NC(=O)C1CCN(S(=O)(=O)c2cc([N+](=O)[O-])ccc2N/N=C\c2ccc(OCc3ccccc3)cc2)CC1. The van der Waals surface area contributed by atoms with E-state index in [9.17, 15) is 23.3 Å². The van der Waals surface area contributed by atoms with Gasteiger partial charge in [0.25, 0.3) is 5.69 Å². The first kappa shape index (κ1) is 26.8. The fourth-order valence-electron chi connectivity index (χ4n) is 4.02. The molecule has 4 rings (SSSR count). The van der Waals surface area contributed by atoms with E-state index in [4.69, 9.17) is 10.5 Å². The molecule has 1 aliphatic rings. The molecule has 11 nitrogen and oxygen atoms in total. The molecule has 38 heavy (non-hydrogen) atoms. The molecule has 3 aromatic carbocycles. The number of nitro benzene ring substituents is 1. The van der Waals surface area contributed by atoms with Crippen molar-refractivity contribution in [3.8, 4) is 5.75 Å². The van der Waals surface area contributed by atoms with Crippen molar-refractivity contribution in [2.24, 2.45) is 16.8 Å². The minimum absolute atomic E-state index is 0.0834. The van der Waals surface area contributed by atoms with E-state index >= 15 is 0 Å². The Kier molecular flexibility index (Phi) is 8.34. The van der Waals surface area contributed by atoms with E-state index in [0.717, 1.165) is 17.2 Å². The van der Waals surface area contributed by atoms with Gasteiger partial charge in [-0.05, 0) is 54.3 Å². The molecule has 3 aromatic rings. The maximum Gasteiger partial charge on any atom is 0.270 e. The predicted octanol–water partition coefficient (Wildman–Crippen LogP) is 3.51. The molecular formula is C26H27N5O6S. The molecule has 0 aromatic heterocycles. The number of hydrazone groups is 1. The van der Waals surface area contributed by atoms with E-state index in [1.807, 2.05) is 30.3 Å². The quantitative estimate of drug-likeness (QED) is 0.228. The molecule has 3 N–H and O–H groups in total. The van der Waals surface area contributed by atoms with Gasteiger partial charge in [0.05, 0.1) is 16.8 Å². The van der Waals surface area contributed by atoms with Gasteiger partial charge in [-0.15, -0.1) is 0 Å². The Morgan fingerprint density at radius 2 is 1.79 bits per heavy atom. The van der Waals surface area contributed by atoms with Crippen molar-refractivity contribution >= 4 is 33.5 Å². The lowest BCUT2D eigenvalue weighted by molar-refractivity contribution is -0.385. The number of nitrogens with zero attached hydrogens (tertiary/aromatic N) is 3. The number of carbonyl (C=O) groups excluding carboxylic acids is 1. The van der Waals surface area contributed by atoms with Crippen LogP contribution in [0.3, 0.4) is 0 Å². The second-order valence-corrected chi connectivity index (χ2v) is 10.6. The van der Waals surface area contributed by atoms with Gasteiger partial charge < -0.3 is 10.5 Å². The van der Waals surface area contributed by atoms with Crippen LogP contribution >= 0.6 is 0 Å². The van der Waals surface area contributed by atoms with Crippen LogP contribution in [0, 0.1) is 16.0 Å². The normalized spacial score (nSPS) is 14.8. The highest BCUT2D eigenvalue weighted by molar-refractivity contribution is 7.89. The van der Waals surface area contributed by atoms with Crippen LogP contribution in [0.4, 0.5) is 11.4 Å². The van der Waals surface area contributed by atoms with Gasteiger partial charge in [-0.3, -0.25) is 20.3 Å². The van der Waals surface area contributed by atoms with Crippen LogP contribution in [0.1, 0.15) is 24.0 Å². The summed E-state index contributed by atoms with van der Waals surface area (Å²) in [6.45, 7) is 0.605. The monoisotopic (exact) mass is 537 g/mol. The maximum atomic E-state index is 13.4. The average molecular weight is 538 g/mol. The Labute approximate surface area is 220 Å². The Balaban J connectivity index is 1.46. The summed E-state index contributed by atoms with van der Waals surface area (Å²) in [6.07, 6.45) is 2.07. The highest BCUT2D eigenvalue weighted by Crippen LogP contribution is 2.31. The molecule has 1 aliphatic heterocycles. The van der Waals surface area contributed by atoms with Crippen molar-refractivity contribution in [2.45, 2.75) is 24.3 Å². The zero-order valence-corrected chi connectivity index (χ0v) is 21.2. The van der Waals surface area contributed by atoms with Crippen LogP contribution in [-0.4, -0.2) is 42.9 Å². The summed E-state index contributed by atoms with van der Waals surface area (Å²) < 4.78 is 33.7. The molecule has 12 heteroatoms. The van der Waals surface area contributed by atoms with Gasteiger partial charge in [0.15, 0.2) is 0 Å². The number of anilines is 1. The number of sulfonamides is 1. The van der Waals surface area contributed by atoms with Gasteiger partial charge in [0, 0.05) is 31.1 Å². The van der Waals surface area contributed by atoms with E-state index in [1.165, 1.54) is 22.7 Å². The number of rotatable bonds is 10. The molecule has 1 saturated heterocycles. The molecule has 0 unspecified atom stereocenters. The molecule has 0 radical (unpaired) electrons. The van der Waals surface area contributed by atoms with Crippen molar-refractivity contribution in [3.05, 3.63) is 94.0 Å². The number of non-ortho nitro benzene ring substituents is 1. The summed E-state index contributed by atoms with van der Waals surface area (Å²) in [5, 5.41) is 15.5. The van der Waals surface area contributed by atoms with Crippen molar-refractivity contribution in [2.75, 3.05) is 18.5 Å². The first-order valence-electron chi connectivity index (χ1n) is 11.9. The van der Waals surface area contributed by atoms with Gasteiger partial charge >= 0.3 is 0 Å². The van der Waals surface area contributed by atoms with Crippen LogP contribution in [0.2, 0.25) is 0 Å². The average Bonchev–Trinajstić information content (AvgIpc) is 2.93. The number of piperidine rings is 1. The van der Waals surface area contributed by atoms with Gasteiger partial charge in [0.1, 0.15) is 17.3 Å². The zero-order chi connectivity index (χ0) is 27.1. The second kappa shape index (κ2) is 11.8. The summed E-state index contributed by atoms with van der Waals surface area (Å²) in [5.41, 5.74) is 9.54. The number of nitro groups is 1. The maximum absolute atomic E-state index is 13.4. The highest BCUT2D eigenvalue weighted by Gasteiger charge is 2.33. The van der Waals surface area contributed by atoms with Crippen LogP contribution < -0.4 is 15.9 Å². The van der Waals surface area contributed by atoms with E-state index in [2.05, 4.69) is 10.5 Å². The largest absolute Gasteiger partial charge is 0.489 e. The summed E-state index contributed by atoms with van der Waals surface area (Å²) in [5.74, 6) is -0.184. The zero-order valence-electron chi connectivity index (χ0n) is 20.4. The lowest BCUT2D eigenvalue weighted by atomic mass is 9.98. The lowest BCUT2D eigenvalue weighted by Gasteiger charge is -2.30. The predicted molar refractivity (Wildman–Crippen MR) is 142 cm³/mol. The van der Waals surface area contributed by atoms with Crippen LogP contribution in [0.15, 0.2) is 82.8 Å². The Hall–Kier alpha value is -4.29. The molecule has 0 saturated carbocycles. The fourth-order valence-corrected chi connectivity index (χ4v) is 5.65. The first-order valence-corrected chi connectivity index (χ1v) is 13.3. The van der Waals surface area contributed by atoms with E-state index in [-0.39, 0.29) is 42.2 Å². The standard InChI is InChI=1S/C26H27N5O6S/c27-26(32)21-12-14-30(15-13-21)38(35,36)25-16-22(31(33)34)8-11-24(25)29-28-17-19-6-9-23(10-7-19)37-18-20-4-2-1-3-5-20/h1-11,16-17,21,29H,12-15,18H2,(H2,27,32)/b28-17-. The smallest absolute Gasteiger partial charge is 0.270 e. The number of benzene rings is 3. The Morgan fingerprint density at radius 1 is 1.11 bits per heavy atom. The number of carbonyl (C=O) groups is 1. The molecule has 0 bridgehead atoms. The third-order valence-corrected chi connectivity index (χ3v) is 8.12. The van der Waals surface area contributed by atoms with Gasteiger partial charge in [0.2, 0.25) is 15.9 Å². The van der Waals surface area contributed by atoms with Crippen molar-refractivity contribution in [1.29, 1.82) is 0 Å². The van der Waals surface area contributed by atoms with Gasteiger partial charge in [-0.25, -0.2) is 8.42 Å². The molecule has 0 spiro atoms. The molecule has 0 atom stereocenters. The minimum atomic E-state index is -4.10. The van der Waals surface area contributed by atoms with E-state index in [0.29, 0.717) is 12.4 Å². The molecular weight excluding hydrogens is 510 g/mol. The summed E-state index contributed by atoms with van der Waals surface area (Å²) in [6, 6.07) is 20.5. The molecule has 1 amide bonds. The van der Waals surface area contributed by atoms with Crippen molar-refractivity contribution < 1.29 is 22.9 Å². The molecule has 0 aliphatic carbocycles. The fraction of sp³-hybridized carbons (Fsp3) is 0.231. The summed E-state index contributed by atoms with van der Waals surface area (Å²) in [4.78, 5) is 21.8. The van der Waals surface area contributed by atoms with Gasteiger partial charge in [-0.1, -0.05) is 30.3 Å². The van der Waals surface area contributed by atoms with E-state index in [1.54, 1.807) is 24.3 Å². The van der Waals surface area contributed by atoms with Crippen molar-refractivity contribution in [3.63, 3.8) is 0 Å². The summed E-state index contributed by atoms with van der Waals surface area (Å²) >= 11 is 0. The summed E-state index contributed by atoms with van der Waals surface area (Å²) in [7, 11) is -4.10. The first-order chi connectivity index (χ1) is 18.2. The van der Waals surface area contributed by atoms with E-state index < -0.39 is 26.8 Å². The van der Waals surface area contributed by atoms with Crippen LogP contribution in [0.25, 0.3) is 0 Å². The highest BCUT2D eigenvalue weighted by atomic mass is 32.2. The number of nitrogens with two attached hydrogens (primary N) is 1. The molecule has 198 valence electrons. The van der Waals surface area contributed by atoms with Gasteiger partial charge in [-0.2, -0.15) is 9.41 Å².